The minimum absolute atomic E-state index is 0.108. The van der Waals surface area contributed by atoms with Crippen LogP contribution in [0.4, 0.5) is 22.7 Å². The molecule has 0 spiro atoms. The molecule has 3 heteroatoms. The fourth-order valence-electron chi connectivity index (χ4n) is 3.19. The molecule has 0 amide bonds. The highest BCUT2D eigenvalue weighted by molar-refractivity contribution is 6.31. The zero-order valence-corrected chi connectivity index (χ0v) is 19.0. The molecule has 0 atom stereocenters. The molecular weight excluding hydrogens is 376 g/mol. The van der Waals surface area contributed by atoms with Crippen molar-refractivity contribution in [1.82, 2.24) is 0 Å². The molecule has 0 aliphatic heterocycles. The van der Waals surface area contributed by atoms with Crippen molar-refractivity contribution in [2.24, 2.45) is 0 Å². The molecule has 0 aromatic heterocycles. The van der Waals surface area contributed by atoms with Crippen molar-refractivity contribution in [2.75, 3.05) is 10.6 Å². The molecule has 0 aliphatic rings. The van der Waals surface area contributed by atoms with E-state index < -0.39 is 0 Å². The van der Waals surface area contributed by atoms with Crippen LogP contribution in [0.25, 0.3) is 0 Å². The fourth-order valence-corrected chi connectivity index (χ4v) is 3.43. The first-order valence-electron chi connectivity index (χ1n) is 10.1. The number of rotatable bonds is 4. The predicted octanol–water partition coefficient (Wildman–Crippen LogP) is 8.42. The highest BCUT2D eigenvalue weighted by Gasteiger charge is 2.15. The summed E-state index contributed by atoms with van der Waals surface area (Å²) in [6.07, 6.45) is 0. The average molecular weight is 407 g/mol. The topological polar surface area (TPSA) is 24.1 Å². The average Bonchev–Trinajstić information content (AvgIpc) is 2.60. The highest BCUT2D eigenvalue weighted by atomic mass is 35.5. The van der Waals surface area contributed by atoms with Crippen molar-refractivity contribution in [3.63, 3.8) is 0 Å². The van der Waals surface area contributed by atoms with Gasteiger partial charge in [-0.2, -0.15) is 0 Å². The Hall–Kier alpha value is -2.45. The van der Waals surface area contributed by atoms with Crippen molar-refractivity contribution >= 4 is 34.4 Å². The van der Waals surface area contributed by atoms with E-state index in [9.17, 15) is 0 Å². The van der Waals surface area contributed by atoms with Crippen LogP contribution in [0.2, 0.25) is 5.02 Å². The number of hydrogen-bond acceptors (Lipinski definition) is 2. The standard InChI is InChI=1S/C26H31ClN2/c1-25(2,3)18-9-7-11-21(13-18)28-23-15-20(27)16-24(17-23)29-22-12-8-10-19(14-22)26(4,5)6/h7-17,28-29H,1-6H3. The molecule has 0 radical (unpaired) electrons. The van der Waals surface area contributed by atoms with Crippen molar-refractivity contribution in [3.05, 3.63) is 82.9 Å². The first-order chi connectivity index (χ1) is 13.5. The molecule has 0 saturated heterocycles. The van der Waals surface area contributed by atoms with Gasteiger partial charge in [0.25, 0.3) is 0 Å². The van der Waals surface area contributed by atoms with Gasteiger partial charge in [0.1, 0.15) is 0 Å². The number of halogens is 1. The van der Waals surface area contributed by atoms with Crippen LogP contribution in [-0.2, 0) is 10.8 Å². The Morgan fingerprint density at radius 2 is 0.966 bits per heavy atom. The summed E-state index contributed by atoms with van der Waals surface area (Å²) in [5, 5.41) is 7.68. The second-order valence-electron chi connectivity index (χ2n) is 9.64. The molecule has 0 unspecified atom stereocenters. The first-order valence-corrected chi connectivity index (χ1v) is 10.4. The van der Waals surface area contributed by atoms with Crippen LogP contribution >= 0.6 is 11.6 Å². The van der Waals surface area contributed by atoms with Gasteiger partial charge in [0.2, 0.25) is 0 Å². The van der Waals surface area contributed by atoms with E-state index in [0.29, 0.717) is 5.02 Å². The van der Waals surface area contributed by atoms with Gasteiger partial charge in [0, 0.05) is 27.8 Å². The minimum Gasteiger partial charge on any atom is -0.355 e. The smallest absolute Gasteiger partial charge is 0.0447 e. The highest BCUT2D eigenvalue weighted by Crippen LogP contribution is 2.31. The quantitative estimate of drug-likeness (QED) is 0.454. The van der Waals surface area contributed by atoms with E-state index in [-0.39, 0.29) is 10.8 Å². The molecule has 152 valence electrons. The second kappa shape index (κ2) is 8.12. The lowest BCUT2D eigenvalue weighted by molar-refractivity contribution is 0.590. The minimum atomic E-state index is 0.108. The maximum atomic E-state index is 6.41. The predicted molar refractivity (Wildman–Crippen MR) is 128 cm³/mol. The number of nitrogens with one attached hydrogen (secondary N) is 2. The molecule has 3 aromatic rings. The molecule has 29 heavy (non-hydrogen) atoms. The zero-order valence-electron chi connectivity index (χ0n) is 18.2. The number of benzene rings is 3. The summed E-state index contributed by atoms with van der Waals surface area (Å²) < 4.78 is 0. The summed E-state index contributed by atoms with van der Waals surface area (Å²) in [4.78, 5) is 0. The molecule has 0 fully saturated rings. The summed E-state index contributed by atoms with van der Waals surface area (Å²) in [7, 11) is 0. The molecular formula is C26H31ClN2. The Morgan fingerprint density at radius 1 is 0.552 bits per heavy atom. The summed E-state index contributed by atoms with van der Waals surface area (Å²) >= 11 is 6.41. The maximum Gasteiger partial charge on any atom is 0.0447 e. The van der Waals surface area contributed by atoms with Crippen LogP contribution in [0.15, 0.2) is 66.7 Å². The second-order valence-corrected chi connectivity index (χ2v) is 10.1. The van der Waals surface area contributed by atoms with Gasteiger partial charge in [-0.25, -0.2) is 0 Å². The molecule has 3 aromatic carbocycles. The van der Waals surface area contributed by atoms with E-state index in [1.807, 2.05) is 12.1 Å². The van der Waals surface area contributed by atoms with E-state index in [4.69, 9.17) is 11.6 Å². The molecule has 2 N–H and O–H groups in total. The van der Waals surface area contributed by atoms with Crippen molar-refractivity contribution in [1.29, 1.82) is 0 Å². The van der Waals surface area contributed by atoms with Crippen LogP contribution in [0.1, 0.15) is 52.7 Å². The molecule has 2 nitrogen and oxygen atoms in total. The van der Waals surface area contributed by atoms with Crippen LogP contribution in [0, 0.1) is 0 Å². The van der Waals surface area contributed by atoms with Crippen LogP contribution in [0.5, 0.6) is 0 Å². The summed E-state index contributed by atoms with van der Waals surface area (Å²) in [6, 6.07) is 23.0. The Labute approximate surface area is 180 Å². The summed E-state index contributed by atoms with van der Waals surface area (Å²) in [5.41, 5.74) is 6.83. The van der Waals surface area contributed by atoms with E-state index >= 15 is 0 Å². The molecule has 0 heterocycles. The Bertz CT molecular complexity index is 916. The van der Waals surface area contributed by atoms with Gasteiger partial charge >= 0.3 is 0 Å². The Balaban J connectivity index is 1.84. The zero-order chi connectivity index (χ0) is 21.2. The normalized spacial score (nSPS) is 12.0. The van der Waals surface area contributed by atoms with Crippen LogP contribution in [0.3, 0.4) is 0 Å². The molecule has 0 saturated carbocycles. The van der Waals surface area contributed by atoms with Crippen LogP contribution in [-0.4, -0.2) is 0 Å². The van der Waals surface area contributed by atoms with Gasteiger partial charge < -0.3 is 10.6 Å². The van der Waals surface area contributed by atoms with E-state index in [1.165, 1.54) is 11.1 Å². The summed E-state index contributed by atoms with van der Waals surface area (Å²) in [5.74, 6) is 0. The van der Waals surface area contributed by atoms with Gasteiger partial charge in [-0.3, -0.25) is 0 Å². The maximum absolute atomic E-state index is 6.41. The van der Waals surface area contributed by atoms with Gasteiger partial charge in [-0.05, 0) is 64.4 Å². The van der Waals surface area contributed by atoms with Crippen molar-refractivity contribution < 1.29 is 0 Å². The SMILES string of the molecule is CC(C)(C)c1cccc(Nc2cc(Cl)cc(Nc3cccc(C(C)(C)C)c3)c2)c1. The number of anilines is 4. The lowest BCUT2D eigenvalue weighted by Gasteiger charge is -2.21. The molecule has 0 aliphatic carbocycles. The van der Waals surface area contributed by atoms with Crippen molar-refractivity contribution in [2.45, 2.75) is 52.4 Å². The van der Waals surface area contributed by atoms with Gasteiger partial charge in [0.05, 0.1) is 0 Å². The van der Waals surface area contributed by atoms with E-state index in [2.05, 4.69) is 107 Å². The van der Waals surface area contributed by atoms with Crippen molar-refractivity contribution in [3.8, 4) is 0 Å². The van der Waals surface area contributed by atoms with E-state index in [0.717, 1.165) is 22.7 Å². The monoisotopic (exact) mass is 406 g/mol. The van der Waals surface area contributed by atoms with Gasteiger partial charge in [0.15, 0.2) is 0 Å². The van der Waals surface area contributed by atoms with Crippen LogP contribution < -0.4 is 10.6 Å². The third-order valence-electron chi connectivity index (χ3n) is 4.93. The van der Waals surface area contributed by atoms with Gasteiger partial charge in [-0.1, -0.05) is 77.4 Å². The third-order valence-corrected chi connectivity index (χ3v) is 5.15. The first kappa shape index (κ1) is 21.3. The lowest BCUT2D eigenvalue weighted by Crippen LogP contribution is -2.11. The third kappa shape index (κ3) is 5.77. The summed E-state index contributed by atoms with van der Waals surface area (Å²) in [6.45, 7) is 13.3. The van der Waals surface area contributed by atoms with Gasteiger partial charge in [-0.15, -0.1) is 0 Å². The molecule has 3 rings (SSSR count). The van der Waals surface area contributed by atoms with E-state index in [1.54, 1.807) is 0 Å². The Kier molecular flexibility index (Phi) is 5.95. The largest absolute Gasteiger partial charge is 0.355 e. The number of hydrogen-bond donors (Lipinski definition) is 2. The molecule has 0 bridgehead atoms. The Morgan fingerprint density at radius 3 is 1.34 bits per heavy atom. The lowest BCUT2D eigenvalue weighted by atomic mass is 9.87. The fraction of sp³-hybridized carbons (Fsp3) is 0.308.